The molecule has 8 nitrogen and oxygen atoms in total. The van der Waals surface area contributed by atoms with Crippen molar-refractivity contribution in [2.24, 2.45) is 19.8 Å². The number of hydrogen-bond donors (Lipinski definition) is 1. The Labute approximate surface area is 190 Å². The van der Waals surface area contributed by atoms with Crippen LogP contribution < -0.4 is 17.0 Å². The van der Waals surface area contributed by atoms with Crippen molar-refractivity contribution in [1.29, 1.82) is 0 Å². The average molecular weight is 478 g/mol. The number of thiazole rings is 1. The van der Waals surface area contributed by atoms with E-state index in [-0.39, 0.29) is 27.0 Å². The molecular weight excluding hydrogens is 458 g/mol. The van der Waals surface area contributed by atoms with Crippen molar-refractivity contribution in [3.63, 3.8) is 0 Å². The minimum Gasteiger partial charge on any atom is -0.448 e. The average Bonchev–Trinajstić information content (AvgIpc) is 3.46. The van der Waals surface area contributed by atoms with Crippen molar-refractivity contribution in [1.82, 2.24) is 18.7 Å². The third kappa shape index (κ3) is 3.04. The van der Waals surface area contributed by atoms with E-state index < -0.39 is 0 Å². The van der Waals surface area contributed by atoms with Gasteiger partial charge in [0.25, 0.3) is 5.56 Å². The molecule has 0 spiro atoms. The first kappa shape index (κ1) is 20.6. The van der Waals surface area contributed by atoms with Crippen molar-refractivity contribution in [3.05, 3.63) is 60.7 Å². The Morgan fingerprint density at radius 1 is 1.29 bits per heavy atom. The predicted octanol–water partition coefficient (Wildman–Crippen LogP) is 2.88. The monoisotopic (exact) mass is 477 g/mol. The maximum atomic E-state index is 13.4. The highest BCUT2D eigenvalue weighted by Crippen LogP contribution is 2.49. The van der Waals surface area contributed by atoms with Gasteiger partial charge in [-0.05, 0) is 30.7 Å². The number of thioether (sulfide) groups is 1. The zero-order valence-electron chi connectivity index (χ0n) is 17.1. The third-order valence-corrected chi connectivity index (χ3v) is 8.23. The van der Waals surface area contributed by atoms with Crippen LogP contribution >= 0.6 is 34.7 Å². The van der Waals surface area contributed by atoms with Gasteiger partial charge in [-0.3, -0.25) is 13.9 Å². The molecule has 1 aliphatic heterocycles. The van der Waals surface area contributed by atoms with Crippen LogP contribution in [0.2, 0.25) is 5.22 Å². The van der Waals surface area contributed by atoms with E-state index in [1.54, 1.807) is 24.9 Å². The molecule has 0 radical (unpaired) electrons. The van der Waals surface area contributed by atoms with Crippen LogP contribution in [0.1, 0.15) is 22.4 Å². The van der Waals surface area contributed by atoms with E-state index in [9.17, 15) is 9.59 Å². The summed E-state index contributed by atoms with van der Waals surface area (Å²) in [5, 5.41) is 3.27. The highest BCUT2D eigenvalue weighted by molar-refractivity contribution is 8.00. The Kier molecular flexibility index (Phi) is 4.93. The molecule has 4 aromatic rings. The normalized spacial score (nSPS) is 18.6. The van der Waals surface area contributed by atoms with E-state index in [0.29, 0.717) is 29.8 Å². The fraction of sp³-hybridized carbons (Fsp3) is 0.350. The van der Waals surface area contributed by atoms with Gasteiger partial charge in [0.1, 0.15) is 16.0 Å². The number of aromatic nitrogens is 4. The van der Waals surface area contributed by atoms with Crippen molar-refractivity contribution in [2.75, 3.05) is 6.54 Å². The van der Waals surface area contributed by atoms with Gasteiger partial charge in [-0.25, -0.2) is 9.78 Å². The van der Waals surface area contributed by atoms with Crippen molar-refractivity contribution in [2.45, 2.75) is 24.0 Å². The van der Waals surface area contributed by atoms with Gasteiger partial charge in [-0.2, -0.15) is 0 Å². The SMILES string of the molecule is Cc1csc(-c2c3c(=O)n(C)c(=O)n(C)c3c3n2C[C@H](CN)S[C@@H]3c2ccc(Cl)o2)n1. The highest BCUT2D eigenvalue weighted by Gasteiger charge is 2.37. The van der Waals surface area contributed by atoms with Crippen LogP contribution in [-0.2, 0) is 20.6 Å². The Hall–Kier alpha value is -2.27. The van der Waals surface area contributed by atoms with Gasteiger partial charge < -0.3 is 14.7 Å². The maximum Gasteiger partial charge on any atom is 0.331 e. The summed E-state index contributed by atoms with van der Waals surface area (Å²) >= 11 is 9.21. The first-order chi connectivity index (χ1) is 14.8. The van der Waals surface area contributed by atoms with Gasteiger partial charge in [0.15, 0.2) is 5.22 Å². The van der Waals surface area contributed by atoms with E-state index >= 15 is 0 Å². The molecule has 11 heteroatoms. The van der Waals surface area contributed by atoms with Gasteiger partial charge in [-0.1, -0.05) is 0 Å². The number of halogens is 1. The molecule has 2 N–H and O–H groups in total. The molecule has 0 saturated carbocycles. The molecular formula is C20H20ClN5O3S2. The Bertz CT molecular complexity index is 1440. The quantitative estimate of drug-likeness (QED) is 0.487. The first-order valence-corrected chi connectivity index (χ1v) is 11.9. The first-order valence-electron chi connectivity index (χ1n) is 9.67. The van der Waals surface area contributed by atoms with Crippen molar-refractivity contribution < 1.29 is 4.42 Å². The molecule has 5 rings (SSSR count). The lowest BCUT2D eigenvalue weighted by Gasteiger charge is -2.30. The van der Waals surface area contributed by atoms with E-state index in [2.05, 4.69) is 9.55 Å². The number of aryl methyl sites for hydroxylation is 2. The molecule has 2 atom stereocenters. The standard InChI is InChI=1S/C20H20ClN5O3S2/c1-9-8-30-18(23-9)15-13-14(24(2)20(28)25(3)19(13)27)16-17(11-4-5-12(21)29-11)31-10(6-22)7-26(15)16/h4-5,8,10,17H,6-7,22H2,1-3H3/t10-,17+/m0/s1. The van der Waals surface area contributed by atoms with Crippen LogP contribution in [-0.4, -0.2) is 30.5 Å². The third-order valence-electron chi connectivity index (χ3n) is 5.60. The minimum absolute atomic E-state index is 0.0869. The minimum atomic E-state index is -0.380. The van der Waals surface area contributed by atoms with Crippen molar-refractivity contribution in [3.8, 4) is 10.7 Å². The second-order valence-corrected chi connectivity index (χ2v) is 10.2. The second-order valence-electron chi connectivity index (χ2n) is 7.58. The molecule has 4 aromatic heterocycles. The molecule has 1 aliphatic rings. The molecule has 0 aromatic carbocycles. The molecule has 0 bridgehead atoms. The Morgan fingerprint density at radius 3 is 2.68 bits per heavy atom. The van der Waals surface area contributed by atoms with Crippen molar-refractivity contribution >= 4 is 45.6 Å². The molecule has 0 saturated heterocycles. The summed E-state index contributed by atoms with van der Waals surface area (Å²) in [6.45, 7) is 2.97. The van der Waals surface area contributed by atoms with Crippen LogP contribution in [0.5, 0.6) is 0 Å². The Balaban J connectivity index is 1.96. The molecule has 0 aliphatic carbocycles. The summed E-state index contributed by atoms with van der Waals surface area (Å²) in [7, 11) is 3.19. The molecule has 5 heterocycles. The molecule has 0 unspecified atom stereocenters. The fourth-order valence-electron chi connectivity index (χ4n) is 4.19. The highest BCUT2D eigenvalue weighted by atomic mass is 35.5. The van der Waals surface area contributed by atoms with Gasteiger partial charge in [0, 0.05) is 43.5 Å². The molecule has 0 fully saturated rings. The number of nitrogens with two attached hydrogens (primary N) is 1. The number of nitrogens with zero attached hydrogens (tertiary/aromatic N) is 4. The van der Waals surface area contributed by atoms with E-state index in [0.717, 1.165) is 26.7 Å². The summed E-state index contributed by atoms with van der Waals surface area (Å²) in [6, 6.07) is 3.52. The fourth-order valence-corrected chi connectivity index (χ4v) is 6.55. The lowest BCUT2D eigenvalue weighted by atomic mass is 10.2. The predicted molar refractivity (Wildman–Crippen MR) is 124 cm³/mol. The Morgan fingerprint density at radius 2 is 2.06 bits per heavy atom. The number of fused-ring (bicyclic) bond motifs is 3. The summed E-state index contributed by atoms with van der Waals surface area (Å²) in [5.74, 6) is 0.656. The zero-order chi connectivity index (χ0) is 22.0. The topological polar surface area (TPSA) is 101 Å². The zero-order valence-corrected chi connectivity index (χ0v) is 19.5. The van der Waals surface area contributed by atoms with E-state index in [4.69, 9.17) is 21.8 Å². The lowest BCUT2D eigenvalue weighted by Crippen LogP contribution is -2.37. The van der Waals surface area contributed by atoms with Crippen LogP contribution in [0.3, 0.4) is 0 Å². The van der Waals surface area contributed by atoms with Crippen LogP contribution in [0.25, 0.3) is 21.6 Å². The summed E-state index contributed by atoms with van der Waals surface area (Å²) < 4.78 is 10.5. The lowest BCUT2D eigenvalue weighted by molar-refractivity contribution is 0.505. The van der Waals surface area contributed by atoms with Gasteiger partial charge >= 0.3 is 5.69 Å². The maximum absolute atomic E-state index is 13.4. The second kappa shape index (κ2) is 7.40. The largest absolute Gasteiger partial charge is 0.448 e. The van der Waals surface area contributed by atoms with Gasteiger partial charge in [0.05, 0.1) is 22.3 Å². The smallest absolute Gasteiger partial charge is 0.331 e. The van der Waals surface area contributed by atoms with Gasteiger partial charge in [0.2, 0.25) is 0 Å². The number of rotatable bonds is 3. The molecule has 162 valence electrons. The van der Waals surface area contributed by atoms with Crippen LogP contribution in [0, 0.1) is 6.92 Å². The number of furan rings is 1. The molecule has 0 amide bonds. The summed E-state index contributed by atoms with van der Waals surface area (Å²) in [4.78, 5) is 30.9. The van der Waals surface area contributed by atoms with Gasteiger partial charge in [-0.15, -0.1) is 23.1 Å². The van der Waals surface area contributed by atoms with Crippen LogP contribution in [0.15, 0.2) is 31.5 Å². The summed E-state index contributed by atoms with van der Waals surface area (Å²) in [6.07, 6.45) is 0. The number of hydrogen-bond acceptors (Lipinski definition) is 7. The van der Waals surface area contributed by atoms with E-state index in [1.165, 1.54) is 23.0 Å². The van der Waals surface area contributed by atoms with Crippen LogP contribution in [0.4, 0.5) is 0 Å². The summed E-state index contributed by atoms with van der Waals surface area (Å²) in [5.41, 5.74) is 8.38. The molecule has 31 heavy (non-hydrogen) atoms. The van der Waals surface area contributed by atoms with E-state index in [1.807, 2.05) is 18.4 Å².